The minimum absolute atomic E-state index is 0.130. The standard InChI is InChI=1S/C9H10BrFO/c10-9(12-7-6-11)8-4-2-1-3-5-8/h1-5,9H,6-7H2. The van der Waals surface area contributed by atoms with Crippen LogP contribution in [-0.4, -0.2) is 13.3 Å². The lowest BCUT2D eigenvalue weighted by Crippen LogP contribution is -1.99. The predicted molar refractivity (Wildman–Crippen MR) is 50.0 cm³/mol. The van der Waals surface area contributed by atoms with Crippen LogP contribution in [0.15, 0.2) is 30.3 Å². The summed E-state index contributed by atoms with van der Waals surface area (Å²) in [5.74, 6) is 0. The third-order valence-corrected chi connectivity index (χ3v) is 2.20. The maximum Gasteiger partial charge on any atom is 0.137 e. The predicted octanol–water partition coefficient (Wildman–Crippen LogP) is 3.07. The summed E-state index contributed by atoms with van der Waals surface area (Å²) in [4.78, 5) is 0. The Morgan fingerprint density at radius 3 is 2.58 bits per heavy atom. The molecule has 66 valence electrons. The largest absolute Gasteiger partial charge is 0.359 e. The van der Waals surface area contributed by atoms with Crippen LogP contribution in [-0.2, 0) is 4.74 Å². The molecule has 0 saturated carbocycles. The van der Waals surface area contributed by atoms with Gasteiger partial charge in [0.25, 0.3) is 0 Å². The molecule has 0 amide bonds. The number of halogens is 2. The van der Waals surface area contributed by atoms with Crippen LogP contribution in [0.4, 0.5) is 4.39 Å². The summed E-state index contributed by atoms with van der Waals surface area (Å²) < 4.78 is 16.8. The van der Waals surface area contributed by atoms with Crippen LogP contribution in [0.3, 0.4) is 0 Å². The van der Waals surface area contributed by atoms with Gasteiger partial charge in [-0.3, -0.25) is 0 Å². The van der Waals surface area contributed by atoms with Crippen LogP contribution >= 0.6 is 15.9 Å². The van der Waals surface area contributed by atoms with Crippen molar-refractivity contribution >= 4 is 15.9 Å². The first-order chi connectivity index (χ1) is 5.84. The van der Waals surface area contributed by atoms with Gasteiger partial charge in [0, 0.05) is 0 Å². The number of hydrogen-bond acceptors (Lipinski definition) is 1. The molecule has 0 aliphatic rings. The van der Waals surface area contributed by atoms with Gasteiger partial charge in [-0.05, 0) is 5.56 Å². The third-order valence-electron chi connectivity index (χ3n) is 1.40. The number of benzene rings is 1. The van der Waals surface area contributed by atoms with Crippen molar-refractivity contribution in [3.05, 3.63) is 35.9 Å². The van der Waals surface area contributed by atoms with Crippen LogP contribution < -0.4 is 0 Å². The second-order valence-corrected chi connectivity index (χ2v) is 3.12. The third kappa shape index (κ3) is 2.91. The quantitative estimate of drug-likeness (QED) is 0.726. The van der Waals surface area contributed by atoms with Gasteiger partial charge in [0.15, 0.2) is 0 Å². The monoisotopic (exact) mass is 232 g/mol. The second-order valence-electron chi connectivity index (χ2n) is 2.29. The number of ether oxygens (including phenoxy) is 1. The van der Waals surface area contributed by atoms with Gasteiger partial charge in [-0.15, -0.1) is 0 Å². The lowest BCUT2D eigenvalue weighted by Gasteiger charge is -2.09. The van der Waals surface area contributed by atoms with Gasteiger partial charge in [-0.2, -0.15) is 0 Å². The summed E-state index contributed by atoms with van der Waals surface area (Å²) in [5, 5.41) is -0.200. The van der Waals surface area contributed by atoms with E-state index in [4.69, 9.17) is 4.74 Å². The molecule has 0 saturated heterocycles. The van der Waals surface area contributed by atoms with E-state index in [9.17, 15) is 4.39 Å². The fourth-order valence-electron chi connectivity index (χ4n) is 0.849. The van der Waals surface area contributed by atoms with Crippen LogP contribution in [0.1, 0.15) is 10.6 Å². The van der Waals surface area contributed by atoms with E-state index >= 15 is 0 Å². The van der Waals surface area contributed by atoms with Crippen molar-refractivity contribution in [3.63, 3.8) is 0 Å². The van der Waals surface area contributed by atoms with E-state index < -0.39 is 6.67 Å². The van der Waals surface area contributed by atoms with Gasteiger partial charge in [0.2, 0.25) is 0 Å². The molecule has 0 N–H and O–H groups in total. The Morgan fingerprint density at radius 2 is 2.00 bits per heavy atom. The summed E-state index contributed by atoms with van der Waals surface area (Å²) in [5.41, 5.74) is 1.01. The van der Waals surface area contributed by atoms with E-state index in [0.29, 0.717) is 0 Å². The zero-order chi connectivity index (χ0) is 8.81. The first-order valence-corrected chi connectivity index (χ1v) is 4.62. The van der Waals surface area contributed by atoms with Gasteiger partial charge in [0.1, 0.15) is 11.7 Å². The van der Waals surface area contributed by atoms with E-state index in [0.717, 1.165) is 5.56 Å². The fraction of sp³-hybridized carbons (Fsp3) is 0.333. The van der Waals surface area contributed by atoms with Gasteiger partial charge in [-0.25, -0.2) is 4.39 Å². The summed E-state index contributed by atoms with van der Waals surface area (Å²) in [6.45, 7) is -0.320. The Labute approximate surface area is 79.7 Å². The van der Waals surface area contributed by atoms with Crippen molar-refractivity contribution in [1.82, 2.24) is 0 Å². The molecule has 0 aliphatic carbocycles. The van der Waals surface area contributed by atoms with Crippen molar-refractivity contribution in [2.45, 2.75) is 5.01 Å². The lowest BCUT2D eigenvalue weighted by atomic mass is 10.2. The normalized spacial score (nSPS) is 12.8. The molecule has 0 heterocycles. The molecule has 0 spiro atoms. The zero-order valence-corrected chi connectivity index (χ0v) is 8.13. The first kappa shape index (κ1) is 9.68. The Morgan fingerprint density at radius 1 is 1.33 bits per heavy atom. The van der Waals surface area contributed by atoms with Gasteiger partial charge >= 0.3 is 0 Å². The van der Waals surface area contributed by atoms with E-state index in [1.165, 1.54) is 0 Å². The lowest BCUT2D eigenvalue weighted by molar-refractivity contribution is 0.104. The molecule has 1 atom stereocenters. The molecule has 1 unspecified atom stereocenters. The van der Waals surface area contributed by atoms with Gasteiger partial charge < -0.3 is 4.74 Å². The molecule has 3 heteroatoms. The van der Waals surface area contributed by atoms with Crippen LogP contribution in [0, 0.1) is 0 Å². The van der Waals surface area contributed by atoms with E-state index in [2.05, 4.69) is 15.9 Å². The van der Waals surface area contributed by atoms with Crippen molar-refractivity contribution in [3.8, 4) is 0 Å². The SMILES string of the molecule is FCCOC(Br)c1ccccc1. The Bertz CT molecular complexity index is 215. The van der Waals surface area contributed by atoms with Crippen molar-refractivity contribution in [1.29, 1.82) is 0 Å². The average Bonchev–Trinajstić information content (AvgIpc) is 2.15. The molecule has 0 radical (unpaired) electrons. The summed E-state index contributed by atoms with van der Waals surface area (Å²) in [7, 11) is 0. The molecule has 1 rings (SSSR count). The Kier molecular flexibility index (Phi) is 4.25. The fourth-order valence-corrected chi connectivity index (χ4v) is 1.34. The van der Waals surface area contributed by atoms with Gasteiger partial charge in [0.05, 0.1) is 6.61 Å². The van der Waals surface area contributed by atoms with E-state index in [1.807, 2.05) is 30.3 Å². The molecule has 0 aromatic heterocycles. The molecule has 0 fully saturated rings. The van der Waals surface area contributed by atoms with Crippen LogP contribution in [0.2, 0.25) is 0 Å². The number of hydrogen-bond donors (Lipinski definition) is 0. The minimum atomic E-state index is -0.449. The summed E-state index contributed by atoms with van der Waals surface area (Å²) >= 11 is 3.30. The van der Waals surface area contributed by atoms with E-state index in [1.54, 1.807) is 0 Å². The molecule has 0 bridgehead atoms. The second kappa shape index (κ2) is 5.27. The Hall–Kier alpha value is -0.410. The molecule has 1 aromatic rings. The zero-order valence-electron chi connectivity index (χ0n) is 6.54. The van der Waals surface area contributed by atoms with Crippen molar-refractivity contribution < 1.29 is 9.13 Å². The highest BCUT2D eigenvalue weighted by Crippen LogP contribution is 2.22. The highest BCUT2D eigenvalue weighted by molar-refractivity contribution is 9.09. The topological polar surface area (TPSA) is 9.23 Å². The van der Waals surface area contributed by atoms with Crippen molar-refractivity contribution in [2.75, 3.05) is 13.3 Å². The molecule has 12 heavy (non-hydrogen) atoms. The highest BCUT2D eigenvalue weighted by Gasteiger charge is 2.05. The molecule has 1 aromatic carbocycles. The molecular weight excluding hydrogens is 223 g/mol. The first-order valence-electron chi connectivity index (χ1n) is 3.71. The van der Waals surface area contributed by atoms with Crippen LogP contribution in [0.5, 0.6) is 0 Å². The molecule has 1 nitrogen and oxygen atoms in total. The maximum atomic E-state index is 11.7. The molecular formula is C9H10BrFO. The smallest absolute Gasteiger partial charge is 0.137 e. The highest BCUT2D eigenvalue weighted by atomic mass is 79.9. The number of alkyl halides is 2. The van der Waals surface area contributed by atoms with Crippen molar-refractivity contribution in [2.24, 2.45) is 0 Å². The average molecular weight is 233 g/mol. The van der Waals surface area contributed by atoms with E-state index in [-0.39, 0.29) is 11.6 Å². The molecule has 0 aliphatic heterocycles. The Balaban J connectivity index is 2.48. The van der Waals surface area contributed by atoms with Crippen LogP contribution in [0.25, 0.3) is 0 Å². The summed E-state index contributed by atoms with van der Waals surface area (Å²) in [6, 6.07) is 9.62. The summed E-state index contributed by atoms with van der Waals surface area (Å²) in [6.07, 6.45) is 0. The number of rotatable bonds is 4. The maximum absolute atomic E-state index is 11.7. The minimum Gasteiger partial charge on any atom is -0.359 e. The van der Waals surface area contributed by atoms with Gasteiger partial charge in [-0.1, -0.05) is 46.3 Å².